The standard InChI is InChI=1S/C19H19N3O4/c23-18-9-13(19(24)21-11-14-3-1-2-6-20-14)12-22(18)15-4-5-16-17(10-15)26-8-7-25-16/h1-6,10,13H,7-9,11-12H2,(H,21,24)/t13-/m0/s1. The number of aromatic nitrogens is 1. The van der Waals surface area contributed by atoms with Crippen molar-refractivity contribution in [2.24, 2.45) is 5.92 Å². The van der Waals surface area contributed by atoms with Crippen molar-refractivity contribution < 1.29 is 19.1 Å². The van der Waals surface area contributed by atoms with Gasteiger partial charge in [0.1, 0.15) is 13.2 Å². The number of carbonyl (C=O) groups excluding carboxylic acids is 2. The highest BCUT2D eigenvalue weighted by Gasteiger charge is 2.35. The minimum absolute atomic E-state index is 0.0698. The number of hydrogen-bond donors (Lipinski definition) is 1. The smallest absolute Gasteiger partial charge is 0.227 e. The van der Waals surface area contributed by atoms with Gasteiger partial charge in [0.25, 0.3) is 0 Å². The second-order valence-corrected chi connectivity index (χ2v) is 6.27. The molecule has 2 aliphatic heterocycles. The molecular weight excluding hydrogens is 334 g/mol. The lowest BCUT2D eigenvalue weighted by Crippen LogP contribution is -2.32. The molecule has 1 N–H and O–H groups in total. The van der Waals surface area contributed by atoms with E-state index in [0.717, 1.165) is 11.4 Å². The molecule has 3 heterocycles. The summed E-state index contributed by atoms with van der Waals surface area (Å²) in [5.74, 6) is 0.726. The summed E-state index contributed by atoms with van der Waals surface area (Å²) in [6, 6.07) is 11.0. The maximum Gasteiger partial charge on any atom is 0.227 e. The van der Waals surface area contributed by atoms with Crippen LogP contribution in [0.4, 0.5) is 5.69 Å². The van der Waals surface area contributed by atoms with Crippen molar-refractivity contribution in [3.63, 3.8) is 0 Å². The average molecular weight is 353 g/mol. The van der Waals surface area contributed by atoms with Gasteiger partial charge in [0.15, 0.2) is 11.5 Å². The van der Waals surface area contributed by atoms with Crippen molar-refractivity contribution in [1.29, 1.82) is 0 Å². The Morgan fingerprint density at radius 1 is 1.19 bits per heavy atom. The van der Waals surface area contributed by atoms with E-state index in [1.807, 2.05) is 24.3 Å². The molecule has 1 aromatic carbocycles. The zero-order chi connectivity index (χ0) is 17.9. The van der Waals surface area contributed by atoms with E-state index in [0.29, 0.717) is 37.8 Å². The Hall–Kier alpha value is -3.09. The highest BCUT2D eigenvalue weighted by Crippen LogP contribution is 2.35. The number of rotatable bonds is 4. The van der Waals surface area contributed by atoms with Crippen LogP contribution >= 0.6 is 0 Å². The molecule has 2 amide bonds. The quantitative estimate of drug-likeness (QED) is 0.901. The Bertz CT molecular complexity index is 825. The molecule has 0 radical (unpaired) electrons. The normalized spacial score (nSPS) is 18.7. The lowest BCUT2D eigenvalue weighted by molar-refractivity contribution is -0.126. The van der Waals surface area contributed by atoms with E-state index in [1.54, 1.807) is 23.2 Å². The molecule has 0 aliphatic carbocycles. The van der Waals surface area contributed by atoms with Gasteiger partial charge in [-0.25, -0.2) is 0 Å². The molecule has 1 saturated heterocycles. The molecule has 0 unspecified atom stereocenters. The van der Waals surface area contributed by atoms with Crippen molar-refractivity contribution in [2.45, 2.75) is 13.0 Å². The first kappa shape index (κ1) is 16.4. The van der Waals surface area contributed by atoms with E-state index in [4.69, 9.17) is 9.47 Å². The first-order valence-corrected chi connectivity index (χ1v) is 8.58. The minimum Gasteiger partial charge on any atom is -0.486 e. The van der Waals surface area contributed by atoms with Gasteiger partial charge >= 0.3 is 0 Å². The molecule has 26 heavy (non-hydrogen) atoms. The molecule has 0 saturated carbocycles. The Morgan fingerprint density at radius 2 is 2.04 bits per heavy atom. The molecule has 7 nitrogen and oxygen atoms in total. The Kier molecular flexibility index (Phi) is 4.43. The van der Waals surface area contributed by atoms with Crippen LogP contribution < -0.4 is 19.7 Å². The van der Waals surface area contributed by atoms with Crippen LogP contribution in [0.1, 0.15) is 12.1 Å². The maximum atomic E-state index is 12.4. The van der Waals surface area contributed by atoms with Crippen LogP contribution in [0.15, 0.2) is 42.6 Å². The van der Waals surface area contributed by atoms with Crippen LogP contribution in [-0.4, -0.2) is 36.6 Å². The number of fused-ring (bicyclic) bond motifs is 1. The molecule has 2 aromatic rings. The third-order valence-corrected chi connectivity index (χ3v) is 4.50. The summed E-state index contributed by atoms with van der Waals surface area (Å²) in [6.07, 6.45) is 1.88. The van der Waals surface area contributed by atoms with E-state index in [2.05, 4.69) is 10.3 Å². The molecule has 0 spiro atoms. The molecule has 1 atom stereocenters. The number of nitrogens with one attached hydrogen (secondary N) is 1. The number of ether oxygens (including phenoxy) is 2. The van der Waals surface area contributed by atoms with E-state index in [9.17, 15) is 9.59 Å². The number of pyridine rings is 1. The van der Waals surface area contributed by atoms with Gasteiger partial charge in [0, 0.05) is 30.9 Å². The van der Waals surface area contributed by atoms with Gasteiger partial charge in [-0.15, -0.1) is 0 Å². The zero-order valence-electron chi connectivity index (χ0n) is 14.2. The summed E-state index contributed by atoms with van der Waals surface area (Å²) in [5.41, 5.74) is 1.51. The van der Waals surface area contributed by atoms with Crippen molar-refractivity contribution in [1.82, 2.24) is 10.3 Å². The summed E-state index contributed by atoms with van der Waals surface area (Å²) in [6.45, 7) is 1.72. The van der Waals surface area contributed by atoms with Crippen molar-refractivity contribution >= 4 is 17.5 Å². The SMILES string of the molecule is O=C(NCc1ccccn1)[C@H]1CC(=O)N(c2ccc3c(c2)OCCO3)C1. The second-order valence-electron chi connectivity index (χ2n) is 6.27. The lowest BCUT2D eigenvalue weighted by atomic mass is 10.1. The van der Waals surface area contributed by atoms with Gasteiger partial charge in [0.2, 0.25) is 11.8 Å². The second kappa shape index (κ2) is 7.03. The van der Waals surface area contributed by atoms with Crippen LogP contribution in [-0.2, 0) is 16.1 Å². The van der Waals surface area contributed by atoms with Crippen molar-refractivity contribution in [3.05, 3.63) is 48.3 Å². The first-order valence-electron chi connectivity index (χ1n) is 8.58. The molecule has 0 bridgehead atoms. The van der Waals surface area contributed by atoms with Crippen LogP contribution in [0.5, 0.6) is 11.5 Å². The largest absolute Gasteiger partial charge is 0.486 e. The zero-order valence-corrected chi connectivity index (χ0v) is 14.2. The van der Waals surface area contributed by atoms with Gasteiger partial charge < -0.3 is 19.7 Å². The van der Waals surface area contributed by atoms with E-state index in [1.165, 1.54) is 0 Å². The summed E-state index contributed by atoms with van der Waals surface area (Å²) < 4.78 is 11.1. The van der Waals surface area contributed by atoms with Gasteiger partial charge in [-0.1, -0.05) is 6.07 Å². The third kappa shape index (κ3) is 3.33. The number of carbonyl (C=O) groups is 2. The highest BCUT2D eigenvalue weighted by atomic mass is 16.6. The average Bonchev–Trinajstić information content (AvgIpc) is 3.08. The van der Waals surface area contributed by atoms with Crippen molar-refractivity contribution in [3.8, 4) is 11.5 Å². The Labute approximate surface area is 150 Å². The minimum atomic E-state index is -0.376. The Morgan fingerprint density at radius 3 is 2.85 bits per heavy atom. The molecule has 1 aromatic heterocycles. The summed E-state index contributed by atoms with van der Waals surface area (Å²) in [4.78, 5) is 30.6. The van der Waals surface area contributed by atoms with E-state index < -0.39 is 0 Å². The lowest BCUT2D eigenvalue weighted by Gasteiger charge is -2.22. The molecule has 7 heteroatoms. The fourth-order valence-electron chi connectivity index (χ4n) is 3.16. The predicted molar refractivity (Wildman–Crippen MR) is 94.0 cm³/mol. The van der Waals surface area contributed by atoms with Gasteiger partial charge in [-0.2, -0.15) is 0 Å². The van der Waals surface area contributed by atoms with Gasteiger partial charge in [-0.05, 0) is 24.3 Å². The monoisotopic (exact) mass is 353 g/mol. The fourth-order valence-corrected chi connectivity index (χ4v) is 3.16. The highest BCUT2D eigenvalue weighted by molar-refractivity contribution is 6.00. The first-order chi connectivity index (χ1) is 12.7. The van der Waals surface area contributed by atoms with Crippen LogP contribution in [0.25, 0.3) is 0 Å². The number of benzene rings is 1. The van der Waals surface area contributed by atoms with Crippen LogP contribution in [0.2, 0.25) is 0 Å². The van der Waals surface area contributed by atoms with E-state index in [-0.39, 0.29) is 24.2 Å². The fraction of sp³-hybridized carbons (Fsp3) is 0.316. The van der Waals surface area contributed by atoms with Crippen molar-refractivity contribution in [2.75, 3.05) is 24.7 Å². The number of anilines is 1. The molecule has 1 fully saturated rings. The third-order valence-electron chi connectivity index (χ3n) is 4.50. The number of amides is 2. The van der Waals surface area contributed by atoms with Gasteiger partial charge in [0.05, 0.1) is 18.2 Å². The molecule has 134 valence electrons. The van der Waals surface area contributed by atoms with E-state index >= 15 is 0 Å². The summed E-state index contributed by atoms with van der Waals surface area (Å²) >= 11 is 0. The number of nitrogens with zero attached hydrogens (tertiary/aromatic N) is 2. The van der Waals surface area contributed by atoms with Crippen LogP contribution in [0.3, 0.4) is 0 Å². The topological polar surface area (TPSA) is 80.8 Å². The number of hydrogen-bond acceptors (Lipinski definition) is 5. The molecular formula is C19H19N3O4. The molecule has 2 aliphatic rings. The Balaban J connectivity index is 1.41. The predicted octanol–water partition coefficient (Wildman–Crippen LogP) is 1.52. The summed E-state index contributed by atoms with van der Waals surface area (Å²) in [5, 5.41) is 2.86. The molecule has 4 rings (SSSR count). The maximum absolute atomic E-state index is 12.4. The summed E-state index contributed by atoms with van der Waals surface area (Å²) in [7, 11) is 0. The van der Waals surface area contributed by atoms with Gasteiger partial charge in [-0.3, -0.25) is 14.6 Å². The van der Waals surface area contributed by atoms with Crippen LogP contribution in [0, 0.1) is 5.92 Å².